The molecule has 166 valence electrons. The van der Waals surface area contributed by atoms with E-state index in [1.54, 1.807) is 6.07 Å². The molecule has 2 aromatic carbocycles. The van der Waals surface area contributed by atoms with Crippen LogP contribution < -0.4 is 16.2 Å². The van der Waals surface area contributed by atoms with Gasteiger partial charge in [-0.1, -0.05) is 6.07 Å². The molecule has 31 heavy (non-hydrogen) atoms. The van der Waals surface area contributed by atoms with Crippen molar-refractivity contribution in [3.8, 4) is 11.5 Å². The Bertz CT molecular complexity index is 1110. The van der Waals surface area contributed by atoms with Crippen molar-refractivity contribution in [1.82, 2.24) is 9.21 Å². The molecule has 0 unspecified atom stereocenters. The first kappa shape index (κ1) is 22.3. The van der Waals surface area contributed by atoms with Crippen molar-refractivity contribution in [2.24, 2.45) is 10.8 Å². The van der Waals surface area contributed by atoms with Crippen LogP contribution in [-0.4, -0.2) is 54.8 Å². The van der Waals surface area contributed by atoms with Gasteiger partial charge in [-0.3, -0.25) is 0 Å². The Morgan fingerprint density at radius 1 is 1.10 bits per heavy atom. The quantitative estimate of drug-likeness (QED) is 0.229. The van der Waals surface area contributed by atoms with Crippen LogP contribution in [0.15, 0.2) is 46.4 Å². The smallest absolute Gasteiger partial charge is 0.268 e. The number of benzene rings is 2. The van der Waals surface area contributed by atoms with Crippen molar-refractivity contribution in [2.75, 3.05) is 31.9 Å². The van der Waals surface area contributed by atoms with Crippen molar-refractivity contribution in [3.63, 3.8) is 0 Å². The molecule has 1 aliphatic rings. The highest BCUT2D eigenvalue weighted by molar-refractivity contribution is 7.89. The third kappa shape index (κ3) is 5.22. The van der Waals surface area contributed by atoms with E-state index in [1.165, 1.54) is 21.3 Å². The summed E-state index contributed by atoms with van der Waals surface area (Å²) < 4.78 is 33.9. The Kier molecular flexibility index (Phi) is 6.32. The van der Waals surface area contributed by atoms with Crippen LogP contribution in [0.1, 0.15) is 11.1 Å². The summed E-state index contributed by atoms with van der Waals surface area (Å²) in [5, 5.41) is 12.7. The number of ether oxygens (including phenoxy) is 1. The highest BCUT2D eigenvalue weighted by Crippen LogP contribution is 2.33. The zero-order valence-electron chi connectivity index (χ0n) is 17.2. The lowest BCUT2D eigenvalue weighted by Gasteiger charge is -2.33. The number of rotatable bonds is 5. The molecule has 1 heterocycles. The third-order valence-electron chi connectivity index (χ3n) is 4.76. The van der Waals surface area contributed by atoms with E-state index in [0.29, 0.717) is 5.75 Å². The van der Waals surface area contributed by atoms with Gasteiger partial charge in [0.05, 0.1) is 0 Å². The molecule has 0 aromatic heterocycles. The summed E-state index contributed by atoms with van der Waals surface area (Å²) in [7, 11) is -3.94. The molecule has 0 bridgehead atoms. The Balaban J connectivity index is 1.86. The SMILES string of the molecule is Cc1cc(C)cc(Oc2ccc(N)cc2S(=O)(=O)N2CCN(/C(N)=N/[N+](=O)[O-])CC2)c1. The zero-order valence-corrected chi connectivity index (χ0v) is 18.0. The molecule has 0 atom stereocenters. The van der Waals surface area contributed by atoms with E-state index in [1.807, 2.05) is 32.0 Å². The lowest BCUT2D eigenvalue weighted by molar-refractivity contribution is -0.485. The maximum absolute atomic E-state index is 13.3. The molecule has 1 saturated heterocycles. The first-order valence-electron chi connectivity index (χ1n) is 9.45. The summed E-state index contributed by atoms with van der Waals surface area (Å²) in [6.07, 6.45) is 0. The average Bonchev–Trinajstić information content (AvgIpc) is 2.68. The van der Waals surface area contributed by atoms with Crippen LogP contribution in [0.5, 0.6) is 11.5 Å². The minimum absolute atomic E-state index is 0.0490. The van der Waals surface area contributed by atoms with E-state index in [4.69, 9.17) is 16.2 Å². The fourth-order valence-electron chi connectivity index (χ4n) is 3.37. The van der Waals surface area contributed by atoms with Crippen LogP contribution in [-0.2, 0) is 10.0 Å². The number of sulfonamides is 1. The molecule has 11 nitrogen and oxygen atoms in total. The lowest BCUT2D eigenvalue weighted by Crippen LogP contribution is -2.52. The number of hydrogen-bond acceptors (Lipinski definition) is 6. The highest BCUT2D eigenvalue weighted by atomic mass is 32.2. The number of hydrazone groups is 1. The van der Waals surface area contributed by atoms with Gasteiger partial charge in [-0.25, -0.2) is 18.5 Å². The number of nitrogens with two attached hydrogens (primary N) is 2. The summed E-state index contributed by atoms with van der Waals surface area (Å²) in [4.78, 5) is 11.9. The fourth-order valence-corrected chi connectivity index (χ4v) is 4.94. The summed E-state index contributed by atoms with van der Waals surface area (Å²) in [6, 6.07) is 10.1. The van der Waals surface area contributed by atoms with Gasteiger partial charge in [-0.05, 0) is 55.3 Å². The molecule has 4 N–H and O–H groups in total. The third-order valence-corrected chi connectivity index (χ3v) is 6.68. The number of guanidine groups is 1. The van der Waals surface area contributed by atoms with Crippen molar-refractivity contribution in [3.05, 3.63) is 57.6 Å². The Hall–Kier alpha value is -3.38. The van der Waals surface area contributed by atoms with Gasteiger partial charge < -0.3 is 21.1 Å². The molecule has 0 radical (unpaired) electrons. The standard InChI is InChI=1S/C19H24N6O5S/c1-13-9-14(2)11-16(10-13)30-17-4-3-15(20)12-18(17)31(28,29)24-7-5-23(6-8-24)19(21)22-25(26)27/h3-4,9-12H,5-8,20H2,1-2H3,(H2,21,22). The number of nitrogens with zero attached hydrogens (tertiary/aromatic N) is 4. The van der Waals surface area contributed by atoms with E-state index in [9.17, 15) is 18.5 Å². The van der Waals surface area contributed by atoms with Gasteiger partial charge in [0.1, 0.15) is 21.5 Å². The maximum atomic E-state index is 13.3. The van der Waals surface area contributed by atoms with Gasteiger partial charge in [0, 0.05) is 31.9 Å². The first-order valence-corrected chi connectivity index (χ1v) is 10.9. The van der Waals surface area contributed by atoms with E-state index < -0.39 is 15.1 Å². The summed E-state index contributed by atoms with van der Waals surface area (Å²) in [5.74, 6) is 0.424. The number of anilines is 1. The summed E-state index contributed by atoms with van der Waals surface area (Å²) >= 11 is 0. The molecule has 1 fully saturated rings. The molecular weight excluding hydrogens is 424 g/mol. The minimum atomic E-state index is -3.94. The first-order chi connectivity index (χ1) is 14.6. The number of nitro groups is 1. The van der Waals surface area contributed by atoms with E-state index in [-0.39, 0.29) is 48.5 Å². The normalized spacial score (nSPS) is 15.7. The second kappa shape index (κ2) is 8.78. The highest BCUT2D eigenvalue weighted by Gasteiger charge is 2.32. The van der Waals surface area contributed by atoms with Gasteiger partial charge in [0.2, 0.25) is 10.0 Å². The largest absolute Gasteiger partial charge is 0.456 e. The molecular formula is C19H24N6O5S. The topological polar surface area (TPSA) is 157 Å². The Morgan fingerprint density at radius 3 is 2.29 bits per heavy atom. The Labute approximate surface area is 180 Å². The summed E-state index contributed by atoms with van der Waals surface area (Å²) in [5.41, 5.74) is 13.7. The molecule has 12 heteroatoms. The van der Waals surface area contributed by atoms with Gasteiger partial charge in [-0.2, -0.15) is 4.31 Å². The van der Waals surface area contributed by atoms with Crippen molar-refractivity contribution in [1.29, 1.82) is 0 Å². The van der Waals surface area contributed by atoms with Crippen LogP contribution in [0, 0.1) is 24.0 Å². The zero-order chi connectivity index (χ0) is 22.8. The lowest BCUT2D eigenvalue weighted by atomic mass is 10.1. The van der Waals surface area contributed by atoms with Gasteiger partial charge in [0.15, 0.2) is 5.03 Å². The average molecular weight is 449 g/mol. The van der Waals surface area contributed by atoms with Crippen LogP contribution in [0.2, 0.25) is 0 Å². The van der Waals surface area contributed by atoms with Crippen LogP contribution in [0.4, 0.5) is 5.69 Å². The van der Waals surface area contributed by atoms with Crippen LogP contribution in [0.3, 0.4) is 0 Å². The molecule has 1 aliphatic heterocycles. The van der Waals surface area contributed by atoms with Crippen LogP contribution >= 0.6 is 0 Å². The molecule has 0 amide bonds. The summed E-state index contributed by atoms with van der Waals surface area (Å²) in [6.45, 7) is 4.33. The molecule has 0 saturated carbocycles. The van der Waals surface area contributed by atoms with Gasteiger partial charge >= 0.3 is 0 Å². The molecule has 3 rings (SSSR count). The predicted molar refractivity (Wildman–Crippen MR) is 116 cm³/mol. The number of aryl methyl sites for hydroxylation is 2. The molecule has 0 spiro atoms. The second-order valence-corrected chi connectivity index (χ2v) is 9.13. The number of nitrogen functional groups attached to an aromatic ring is 1. The van der Waals surface area contributed by atoms with Crippen LogP contribution in [0.25, 0.3) is 0 Å². The molecule has 2 aromatic rings. The maximum Gasteiger partial charge on any atom is 0.268 e. The molecule has 0 aliphatic carbocycles. The van der Waals surface area contributed by atoms with Gasteiger partial charge in [-0.15, -0.1) is 0 Å². The van der Waals surface area contributed by atoms with Crippen molar-refractivity contribution < 1.29 is 18.2 Å². The van der Waals surface area contributed by atoms with Gasteiger partial charge in [0.25, 0.3) is 5.96 Å². The predicted octanol–water partition coefficient (Wildman–Crippen LogP) is 1.49. The van der Waals surface area contributed by atoms with E-state index in [2.05, 4.69) is 5.10 Å². The van der Waals surface area contributed by atoms with E-state index in [0.717, 1.165) is 11.1 Å². The fraction of sp³-hybridized carbons (Fsp3) is 0.316. The van der Waals surface area contributed by atoms with Crippen molar-refractivity contribution >= 4 is 21.7 Å². The van der Waals surface area contributed by atoms with Crippen molar-refractivity contribution in [2.45, 2.75) is 18.7 Å². The van der Waals surface area contributed by atoms with E-state index >= 15 is 0 Å². The monoisotopic (exact) mass is 448 g/mol. The minimum Gasteiger partial charge on any atom is -0.456 e. The number of hydrogen-bond donors (Lipinski definition) is 2. The Morgan fingerprint density at radius 2 is 1.71 bits per heavy atom. The second-order valence-electron chi connectivity index (χ2n) is 7.22. The number of piperazine rings is 1.